The molecular weight excluding hydrogens is 320 g/mol. The quantitative estimate of drug-likeness (QED) is 0.381. The van der Waals surface area contributed by atoms with Crippen molar-refractivity contribution in [1.29, 1.82) is 0 Å². The second kappa shape index (κ2) is 6.95. The maximum atomic E-state index is 8.93. The molecule has 20 heavy (non-hydrogen) atoms. The van der Waals surface area contributed by atoms with Crippen LogP contribution in [0.25, 0.3) is 0 Å². The molecule has 0 bridgehead atoms. The fourth-order valence-corrected chi connectivity index (χ4v) is 2.93. The summed E-state index contributed by atoms with van der Waals surface area (Å²) in [5.41, 5.74) is 7.58. The van der Waals surface area contributed by atoms with Gasteiger partial charge in [0.1, 0.15) is 0 Å². The molecule has 0 unspecified atom stereocenters. The largest absolute Gasteiger partial charge is 0.409 e. The van der Waals surface area contributed by atoms with E-state index in [0.29, 0.717) is 0 Å². The average molecular weight is 341 g/mol. The molecule has 1 aliphatic heterocycles. The van der Waals surface area contributed by atoms with Crippen LogP contribution in [0.2, 0.25) is 0 Å². The SMILES string of the molecule is CCCN1CCN(c2ccc(Br)cc2/C(N)=N/O)CC1. The smallest absolute Gasteiger partial charge is 0.172 e. The average Bonchev–Trinajstić information content (AvgIpc) is 2.47. The molecular formula is C14H21BrN4O. The van der Waals surface area contributed by atoms with Gasteiger partial charge in [-0.2, -0.15) is 0 Å². The highest BCUT2D eigenvalue weighted by atomic mass is 79.9. The van der Waals surface area contributed by atoms with E-state index in [4.69, 9.17) is 10.9 Å². The van der Waals surface area contributed by atoms with Gasteiger partial charge in [-0.15, -0.1) is 0 Å². The number of oxime groups is 1. The summed E-state index contributed by atoms with van der Waals surface area (Å²) in [6.45, 7) is 7.40. The lowest BCUT2D eigenvalue weighted by Crippen LogP contribution is -2.47. The van der Waals surface area contributed by atoms with Gasteiger partial charge in [0.15, 0.2) is 5.84 Å². The van der Waals surface area contributed by atoms with E-state index in [2.05, 4.69) is 37.8 Å². The van der Waals surface area contributed by atoms with E-state index in [1.165, 1.54) is 6.42 Å². The Balaban J connectivity index is 2.17. The van der Waals surface area contributed by atoms with Gasteiger partial charge in [0.25, 0.3) is 0 Å². The molecule has 0 radical (unpaired) electrons. The van der Waals surface area contributed by atoms with E-state index in [1.807, 2.05) is 18.2 Å². The highest BCUT2D eigenvalue weighted by Gasteiger charge is 2.20. The first-order valence-electron chi connectivity index (χ1n) is 6.90. The fraction of sp³-hybridized carbons (Fsp3) is 0.500. The summed E-state index contributed by atoms with van der Waals surface area (Å²) in [5.74, 6) is 0.150. The molecule has 0 spiro atoms. The summed E-state index contributed by atoms with van der Waals surface area (Å²) in [6, 6.07) is 5.90. The van der Waals surface area contributed by atoms with Gasteiger partial charge < -0.3 is 15.8 Å². The lowest BCUT2D eigenvalue weighted by Gasteiger charge is -2.36. The number of halogens is 1. The molecule has 1 fully saturated rings. The van der Waals surface area contributed by atoms with Crippen LogP contribution < -0.4 is 10.6 Å². The third-order valence-electron chi connectivity index (χ3n) is 3.60. The van der Waals surface area contributed by atoms with Crippen molar-refractivity contribution in [3.8, 4) is 0 Å². The lowest BCUT2D eigenvalue weighted by atomic mass is 10.1. The Kier molecular flexibility index (Phi) is 5.25. The van der Waals surface area contributed by atoms with E-state index in [0.717, 1.165) is 48.4 Å². The van der Waals surface area contributed by atoms with Crippen LogP contribution in [0.5, 0.6) is 0 Å². The van der Waals surface area contributed by atoms with Gasteiger partial charge >= 0.3 is 0 Å². The molecule has 1 aromatic carbocycles. The van der Waals surface area contributed by atoms with E-state index >= 15 is 0 Å². The van der Waals surface area contributed by atoms with Gasteiger partial charge in [0, 0.05) is 41.9 Å². The highest BCUT2D eigenvalue weighted by Crippen LogP contribution is 2.25. The molecule has 3 N–H and O–H groups in total. The number of nitrogens with two attached hydrogens (primary N) is 1. The molecule has 0 aromatic heterocycles. The Morgan fingerprint density at radius 2 is 2.05 bits per heavy atom. The number of hydrogen-bond acceptors (Lipinski definition) is 4. The molecule has 0 aliphatic carbocycles. The second-order valence-electron chi connectivity index (χ2n) is 4.98. The number of benzene rings is 1. The zero-order valence-corrected chi connectivity index (χ0v) is 13.3. The maximum Gasteiger partial charge on any atom is 0.172 e. The molecule has 0 saturated carbocycles. The summed E-state index contributed by atoms with van der Waals surface area (Å²) in [4.78, 5) is 4.77. The van der Waals surface area contributed by atoms with E-state index in [-0.39, 0.29) is 5.84 Å². The Bertz CT molecular complexity index is 484. The predicted molar refractivity (Wildman–Crippen MR) is 85.6 cm³/mol. The van der Waals surface area contributed by atoms with Crippen LogP contribution in [0, 0.1) is 0 Å². The monoisotopic (exact) mass is 340 g/mol. The van der Waals surface area contributed by atoms with Gasteiger partial charge in [-0.3, -0.25) is 4.90 Å². The van der Waals surface area contributed by atoms with E-state index < -0.39 is 0 Å². The van der Waals surface area contributed by atoms with Crippen LogP contribution in [0.1, 0.15) is 18.9 Å². The number of piperazine rings is 1. The molecule has 0 amide bonds. The topological polar surface area (TPSA) is 65.1 Å². The van der Waals surface area contributed by atoms with Crippen molar-refractivity contribution in [3.63, 3.8) is 0 Å². The summed E-state index contributed by atoms with van der Waals surface area (Å²) in [6.07, 6.45) is 1.19. The van der Waals surface area contributed by atoms with Crippen molar-refractivity contribution < 1.29 is 5.21 Å². The van der Waals surface area contributed by atoms with Crippen molar-refractivity contribution >= 4 is 27.5 Å². The molecule has 6 heteroatoms. The van der Waals surface area contributed by atoms with Crippen molar-refractivity contribution in [2.24, 2.45) is 10.9 Å². The van der Waals surface area contributed by atoms with Crippen molar-refractivity contribution in [1.82, 2.24) is 4.90 Å². The van der Waals surface area contributed by atoms with E-state index in [1.54, 1.807) is 0 Å². The predicted octanol–water partition coefficient (Wildman–Crippen LogP) is 2.08. The molecule has 1 saturated heterocycles. The summed E-state index contributed by atoms with van der Waals surface area (Å²) >= 11 is 3.43. The molecule has 1 aliphatic rings. The maximum absolute atomic E-state index is 8.93. The molecule has 5 nitrogen and oxygen atoms in total. The Labute approximate surface area is 128 Å². The third kappa shape index (κ3) is 3.43. The third-order valence-corrected chi connectivity index (χ3v) is 4.09. The van der Waals surface area contributed by atoms with Crippen LogP contribution >= 0.6 is 15.9 Å². The molecule has 110 valence electrons. The molecule has 2 rings (SSSR count). The minimum atomic E-state index is 0.150. The van der Waals surface area contributed by atoms with Crippen LogP contribution in [0.3, 0.4) is 0 Å². The Hall–Kier alpha value is -1.27. The lowest BCUT2D eigenvalue weighted by molar-refractivity contribution is 0.258. The van der Waals surface area contributed by atoms with Crippen LogP contribution in [-0.4, -0.2) is 48.7 Å². The Morgan fingerprint density at radius 3 is 2.65 bits per heavy atom. The second-order valence-corrected chi connectivity index (χ2v) is 5.89. The minimum Gasteiger partial charge on any atom is -0.409 e. The fourth-order valence-electron chi connectivity index (χ4n) is 2.57. The van der Waals surface area contributed by atoms with Crippen LogP contribution in [-0.2, 0) is 0 Å². The van der Waals surface area contributed by atoms with Gasteiger partial charge in [-0.25, -0.2) is 0 Å². The summed E-state index contributed by atoms with van der Waals surface area (Å²) < 4.78 is 0.924. The number of nitrogens with zero attached hydrogens (tertiary/aromatic N) is 3. The van der Waals surface area contributed by atoms with Gasteiger partial charge in [-0.05, 0) is 31.2 Å². The van der Waals surface area contributed by atoms with E-state index in [9.17, 15) is 0 Å². The van der Waals surface area contributed by atoms with Crippen molar-refractivity contribution in [2.45, 2.75) is 13.3 Å². The van der Waals surface area contributed by atoms with Gasteiger partial charge in [0.2, 0.25) is 0 Å². The van der Waals surface area contributed by atoms with Crippen LogP contribution in [0.15, 0.2) is 27.8 Å². The van der Waals surface area contributed by atoms with Gasteiger partial charge in [0.05, 0.1) is 0 Å². The first-order valence-corrected chi connectivity index (χ1v) is 7.69. The standard InChI is InChI=1S/C14H21BrN4O/c1-2-5-18-6-8-19(9-7-18)13-4-3-11(15)10-12(13)14(16)17-20/h3-4,10,20H,2,5-9H2,1H3,(H2,16,17). The summed E-state index contributed by atoms with van der Waals surface area (Å²) in [5, 5.41) is 12.1. The number of amidine groups is 1. The van der Waals surface area contributed by atoms with Crippen molar-refractivity contribution in [3.05, 3.63) is 28.2 Å². The zero-order chi connectivity index (χ0) is 14.5. The number of anilines is 1. The number of hydrogen-bond donors (Lipinski definition) is 2. The first kappa shape index (κ1) is 15.1. The van der Waals surface area contributed by atoms with Gasteiger partial charge in [-0.1, -0.05) is 28.0 Å². The molecule has 1 aromatic rings. The van der Waals surface area contributed by atoms with Crippen molar-refractivity contribution in [2.75, 3.05) is 37.6 Å². The first-order chi connectivity index (χ1) is 9.65. The zero-order valence-electron chi connectivity index (χ0n) is 11.7. The number of rotatable bonds is 4. The molecule has 1 heterocycles. The molecule has 0 atom stereocenters. The summed E-state index contributed by atoms with van der Waals surface area (Å²) in [7, 11) is 0. The normalized spacial score (nSPS) is 17.5. The highest BCUT2D eigenvalue weighted by molar-refractivity contribution is 9.10. The Morgan fingerprint density at radius 1 is 1.35 bits per heavy atom. The van der Waals surface area contributed by atoms with Crippen LogP contribution in [0.4, 0.5) is 5.69 Å². The minimum absolute atomic E-state index is 0.150.